The highest BCUT2D eigenvalue weighted by atomic mass is 35.5. The zero-order valence-corrected chi connectivity index (χ0v) is 16.9. The Labute approximate surface area is 172 Å². The van der Waals surface area contributed by atoms with Crippen LogP contribution in [0.2, 0.25) is 5.15 Å². The van der Waals surface area contributed by atoms with Gasteiger partial charge in [-0.2, -0.15) is 0 Å². The lowest BCUT2D eigenvalue weighted by atomic mass is 9.64. The normalized spacial score (nSPS) is 16.3. The third kappa shape index (κ3) is 3.76. The molecule has 3 heterocycles. The molecule has 7 nitrogen and oxygen atoms in total. The van der Waals surface area contributed by atoms with Crippen LogP contribution in [0.3, 0.4) is 0 Å². The van der Waals surface area contributed by atoms with Gasteiger partial charge in [0, 0.05) is 17.8 Å². The largest absolute Gasteiger partial charge is 0.469 e. The fourth-order valence-corrected chi connectivity index (χ4v) is 3.89. The minimum Gasteiger partial charge on any atom is -0.469 e. The summed E-state index contributed by atoms with van der Waals surface area (Å²) in [5.74, 6) is -0.817. The molecule has 1 aliphatic carbocycles. The fraction of sp³-hybridized carbons (Fsp3) is 0.400. The van der Waals surface area contributed by atoms with Crippen LogP contribution in [0.25, 0.3) is 22.4 Å². The number of ether oxygens (including phenoxy) is 1. The average Bonchev–Trinajstić information content (AvgIpc) is 3.10. The average molecular weight is 418 g/mol. The molecule has 0 aliphatic heterocycles. The molecule has 1 aliphatic rings. The van der Waals surface area contributed by atoms with Crippen LogP contribution in [-0.4, -0.2) is 39.1 Å². The number of methoxy groups -OCH3 is 1. The maximum Gasteiger partial charge on any atom is 0.307 e. The number of nitrogens with one attached hydrogen (secondary N) is 2. The van der Waals surface area contributed by atoms with Crippen molar-refractivity contribution in [3.8, 4) is 11.3 Å². The number of nitrogens with zero attached hydrogens (tertiary/aromatic N) is 3. The van der Waals surface area contributed by atoms with E-state index in [1.54, 1.807) is 12.3 Å². The Morgan fingerprint density at radius 3 is 2.90 bits per heavy atom. The summed E-state index contributed by atoms with van der Waals surface area (Å²) in [6.07, 6.45) is 7.52. The van der Waals surface area contributed by atoms with Crippen molar-refractivity contribution in [1.29, 1.82) is 0 Å². The van der Waals surface area contributed by atoms with Crippen molar-refractivity contribution in [2.75, 3.05) is 12.4 Å². The molecular formula is C20H21ClFN5O2. The van der Waals surface area contributed by atoms with Crippen LogP contribution in [0.4, 0.5) is 10.1 Å². The third-order valence-corrected chi connectivity index (χ3v) is 5.93. The predicted octanol–water partition coefficient (Wildman–Crippen LogP) is 4.35. The standard InChI is InChI=1S/C20H21ClFN5O2/c1-20(4-3-5-20)15(7-17(28)29-2)26-14-6-13(23-9-12(14)22)11-8-24-19-18(11)27-16(21)10-25-19/h6,8-10,15H,3-5,7H2,1-2H3,(H,23,26)(H,24,25)/t15-/m1/s1. The molecule has 0 unspecified atom stereocenters. The van der Waals surface area contributed by atoms with Crippen molar-refractivity contribution in [2.45, 2.75) is 38.6 Å². The van der Waals surface area contributed by atoms with Crippen LogP contribution >= 0.6 is 11.6 Å². The van der Waals surface area contributed by atoms with Crippen LogP contribution in [0.5, 0.6) is 0 Å². The van der Waals surface area contributed by atoms with Gasteiger partial charge in [0.15, 0.2) is 11.5 Å². The number of carbonyl (C=O) groups excluding carboxylic acids is 1. The van der Waals surface area contributed by atoms with Crippen LogP contribution in [0.1, 0.15) is 32.6 Å². The molecular weight excluding hydrogens is 397 g/mol. The highest BCUT2D eigenvalue weighted by molar-refractivity contribution is 6.29. The lowest BCUT2D eigenvalue weighted by Crippen LogP contribution is -2.45. The number of esters is 1. The monoisotopic (exact) mass is 417 g/mol. The maximum atomic E-state index is 14.6. The first-order chi connectivity index (χ1) is 13.9. The summed E-state index contributed by atoms with van der Waals surface area (Å²) >= 11 is 5.97. The van der Waals surface area contributed by atoms with Gasteiger partial charge >= 0.3 is 5.97 Å². The van der Waals surface area contributed by atoms with Gasteiger partial charge in [-0.05, 0) is 24.3 Å². The quantitative estimate of drug-likeness (QED) is 0.579. The number of anilines is 1. The zero-order valence-electron chi connectivity index (χ0n) is 16.1. The molecule has 0 radical (unpaired) electrons. The van der Waals surface area contributed by atoms with Gasteiger partial charge in [0.25, 0.3) is 0 Å². The topological polar surface area (TPSA) is 92.8 Å². The van der Waals surface area contributed by atoms with E-state index in [0.717, 1.165) is 25.5 Å². The number of carbonyl (C=O) groups is 1. The lowest BCUT2D eigenvalue weighted by molar-refractivity contribution is -0.141. The van der Waals surface area contributed by atoms with Gasteiger partial charge in [-0.25, -0.2) is 14.4 Å². The van der Waals surface area contributed by atoms with Crippen molar-refractivity contribution in [1.82, 2.24) is 19.9 Å². The number of aromatic nitrogens is 4. The van der Waals surface area contributed by atoms with E-state index in [1.807, 2.05) is 0 Å². The number of aromatic amines is 1. The first-order valence-electron chi connectivity index (χ1n) is 9.38. The Bertz CT molecular complexity index is 1070. The Kier molecular flexibility index (Phi) is 5.12. The van der Waals surface area contributed by atoms with Crippen molar-refractivity contribution in [3.05, 3.63) is 35.6 Å². The summed E-state index contributed by atoms with van der Waals surface area (Å²) in [5.41, 5.74) is 2.49. The highest BCUT2D eigenvalue weighted by Crippen LogP contribution is 2.45. The number of rotatable bonds is 6. The van der Waals surface area contributed by atoms with Gasteiger partial charge in [-0.15, -0.1) is 0 Å². The van der Waals surface area contributed by atoms with E-state index >= 15 is 0 Å². The SMILES string of the molecule is COC(=O)C[C@@H](Nc1cc(-c2c[nH]c3ncc(Cl)nc23)ncc1F)C1(C)CCC1. The fourth-order valence-electron chi connectivity index (χ4n) is 3.75. The summed E-state index contributed by atoms with van der Waals surface area (Å²) in [4.78, 5) is 27.6. The summed E-state index contributed by atoms with van der Waals surface area (Å²) in [6, 6.07) is 1.37. The lowest BCUT2D eigenvalue weighted by Gasteiger charge is -2.45. The number of hydrogen-bond donors (Lipinski definition) is 2. The van der Waals surface area contributed by atoms with Gasteiger partial charge in [-0.1, -0.05) is 24.9 Å². The molecule has 9 heteroatoms. The van der Waals surface area contributed by atoms with E-state index in [9.17, 15) is 9.18 Å². The van der Waals surface area contributed by atoms with Crippen molar-refractivity contribution in [3.63, 3.8) is 0 Å². The molecule has 1 atom stereocenters. The molecule has 4 rings (SSSR count). The van der Waals surface area contributed by atoms with E-state index < -0.39 is 5.82 Å². The van der Waals surface area contributed by atoms with Gasteiger partial charge in [0.1, 0.15) is 10.7 Å². The molecule has 3 aromatic rings. The molecule has 0 spiro atoms. The molecule has 1 fully saturated rings. The van der Waals surface area contributed by atoms with Gasteiger partial charge in [0.2, 0.25) is 0 Å². The van der Waals surface area contributed by atoms with E-state index in [2.05, 4.69) is 32.2 Å². The maximum absolute atomic E-state index is 14.6. The van der Waals surface area contributed by atoms with E-state index in [-0.39, 0.29) is 34.7 Å². The predicted molar refractivity (Wildman–Crippen MR) is 108 cm³/mol. The first kappa shape index (κ1) is 19.6. The Hall–Kier alpha value is -2.74. The second-order valence-corrected chi connectivity index (χ2v) is 8.01. The highest BCUT2D eigenvalue weighted by Gasteiger charge is 2.41. The first-order valence-corrected chi connectivity index (χ1v) is 9.76. The zero-order chi connectivity index (χ0) is 20.6. The summed E-state index contributed by atoms with van der Waals surface area (Å²) < 4.78 is 19.4. The van der Waals surface area contributed by atoms with Crippen molar-refractivity contribution in [2.24, 2.45) is 5.41 Å². The number of hydrogen-bond acceptors (Lipinski definition) is 6. The van der Waals surface area contributed by atoms with Gasteiger partial charge in [-0.3, -0.25) is 9.78 Å². The molecule has 2 N–H and O–H groups in total. The van der Waals surface area contributed by atoms with E-state index in [0.29, 0.717) is 22.4 Å². The minimum atomic E-state index is -0.490. The van der Waals surface area contributed by atoms with Crippen LogP contribution in [0, 0.1) is 11.2 Å². The molecule has 1 saturated carbocycles. The molecule has 152 valence electrons. The van der Waals surface area contributed by atoms with Crippen LogP contribution in [-0.2, 0) is 9.53 Å². The molecule has 3 aromatic heterocycles. The molecule has 29 heavy (non-hydrogen) atoms. The Morgan fingerprint density at radius 1 is 1.41 bits per heavy atom. The van der Waals surface area contributed by atoms with Gasteiger partial charge < -0.3 is 15.0 Å². The van der Waals surface area contributed by atoms with Crippen LogP contribution in [0.15, 0.2) is 24.7 Å². The summed E-state index contributed by atoms with van der Waals surface area (Å²) in [6.45, 7) is 2.11. The van der Waals surface area contributed by atoms with Gasteiger partial charge in [0.05, 0.1) is 37.3 Å². The van der Waals surface area contributed by atoms with Crippen molar-refractivity contribution >= 4 is 34.4 Å². The number of halogens is 2. The number of fused-ring (bicyclic) bond motifs is 1. The Morgan fingerprint density at radius 2 is 2.21 bits per heavy atom. The third-order valence-electron chi connectivity index (χ3n) is 5.75. The summed E-state index contributed by atoms with van der Waals surface area (Å²) in [5, 5.41) is 3.49. The minimum absolute atomic E-state index is 0.0934. The van der Waals surface area contributed by atoms with Crippen molar-refractivity contribution < 1.29 is 13.9 Å². The number of pyridine rings is 1. The smallest absolute Gasteiger partial charge is 0.307 e. The Balaban J connectivity index is 1.68. The second-order valence-electron chi connectivity index (χ2n) is 7.63. The number of H-pyrrole nitrogens is 1. The molecule has 0 bridgehead atoms. The molecule has 0 saturated heterocycles. The molecule has 0 aromatic carbocycles. The van der Waals surface area contributed by atoms with E-state index in [1.165, 1.54) is 13.3 Å². The second kappa shape index (κ2) is 7.59. The van der Waals surface area contributed by atoms with Crippen LogP contribution < -0.4 is 5.32 Å². The van der Waals surface area contributed by atoms with E-state index in [4.69, 9.17) is 16.3 Å². The molecule has 0 amide bonds. The summed E-state index contributed by atoms with van der Waals surface area (Å²) in [7, 11) is 1.36.